The molecule has 1 heterocycles. The van der Waals surface area contributed by atoms with Gasteiger partial charge in [-0.3, -0.25) is 0 Å². The van der Waals surface area contributed by atoms with E-state index in [1.807, 2.05) is 0 Å². The molecule has 0 saturated carbocycles. The van der Waals surface area contributed by atoms with Crippen LogP contribution in [0.5, 0.6) is 5.75 Å². The monoisotopic (exact) mass is 266 g/mol. The number of nitrogens with one attached hydrogen (secondary N) is 2. The number of aromatic nitrogens is 2. The second-order valence-corrected chi connectivity index (χ2v) is 3.54. The van der Waals surface area contributed by atoms with E-state index in [4.69, 9.17) is 0 Å². The molecule has 0 amide bonds. The molecule has 0 atom stereocenters. The lowest BCUT2D eigenvalue weighted by Crippen LogP contribution is -2.05. The molecule has 1 aromatic heterocycles. The van der Waals surface area contributed by atoms with Crippen molar-refractivity contribution in [1.82, 2.24) is 9.97 Å². The summed E-state index contributed by atoms with van der Waals surface area (Å²) in [6.45, 7) is -2.87. The quantitative estimate of drug-likeness (QED) is 0.871. The first kappa shape index (κ1) is 13.0. The van der Waals surface area contributed by atoms with Crippen LogP contribution in [0.2, 0.25) is 0 Å². The highest BCUT2D eigenvalue weighted by Crippen LogP contribution is 2.28. The number of hydrogen-bond donors (Lipinski definition) is 2. The molecular weight excluding hydrogens is 254 g/mol. The van der Waals surface area contributed by atoms with Gasteiger partial charge in [-0.1, -0.05) is 12.1 Å². The lowest BCUT2D eigenvalue weighted by Gasteiger charge is -2.12. The summed E-state index contributed by atoms with van der Waals surface area (Å²) in [7, 11) is 1.72. The summed E-state index contributed by atoms with van der Waals surface area (Å²) >= 11 is 0. The van der Waals surface area contributed by atoms with E-state index in [1.165, 1.54) is 12.4 Å². The molecule has 2 aromatic rings. The minimum atomic E-state index is -2.87. The normalized spacial score (nSPS) is 10.3. The first-order chi connectivity index (χ1) is 9.19. The Morgan fingerprint density at radius 2 is 1.89 bits per heavy atom. The van der Waals surface area contributed by atoms with Gasteiger partial charge < -0.3 is 15.4 Å². The standard InChI is InChI=1S/C12H12F2N4O/c1-15-10-6-11(17-7-16-10)18-8-4-2-3-5-9(8)19-12(13)14/h2-7,12H,1H3,(H2,15,16,17,18). The van der Waals surface area contributed by atoms with Crippen LogP contribution in [0.15, 0.2) is 36.7 Å². The third-order valence-corrected chi connectivity index (χ3v) is 2.29. The van der Waals surface area contributed by atoms with E-state index in [1.54, 1.807) is 31.3 Å². The lowest BCUT2D eigenvalue weighted by molar-refractivity contribution is -0.0493. The number of anilines is 3. The highest BCUT2D eigenvalue weighted by molar-refractivity contribution is 5.65. The number of ether oxygens (including phenoxy) is 1. The van der Waals surface area contributed by atoms with Gasteiger partial charge in [-0.15, -0.1) is 0 Å². The third-order valence-electron chi connectivity index (χ3n) is 2.29. The molecule has 0 fully saturated rings. The fourth-order valence-corrected chi connectivity index (χ4v) is 1.47. The number of benzene rings is 1. The van der Waals surface area contributed by atoms with E-state index in [-0.39, 0.29) is 5.75 Å². The fraction of sp³-hybridized carbons (Fsp3) is 0.167. The van der Waals surface area contributed by atoms with E-state index in [2.05, 4.69) is 25.3 Å². The molecule has 2 rings (SSSR count). The van der Waals surface area contributed by atoms with Crippen molar-refractivity contribution in [2.24, 2.45) is 0 Å². The van der Waals surface area contributed by atoms with Gasteiger partial charge in [0.1, 0.15) is 23.7 Å². The average molecular weight is 266 g/mol. The van der Waals surface area contributed by atoms with Crippen molar-refractivity contribution in [3.05, 3.63) is 36.7 Å². The largest absolute Gasteiger partial charge is 0.433 e. The molecule has 100 valence electrons. The van der Waals surface area contributed by atoms with Crippen LogP contribution < -0.4 is 15.4 Å². The van der Waals surface area contributed by atoms with Gasteiger partial charge in [0, 0.05) is 13.1 Å². The molecule has 2 N–H and O–H groups in total. The van der Waals surface area contributed by atoms with Gasteiger partial charge in [0.25, 0.3) is 0 Å². The maximum absolute atomic E-state index is 12.3. The molecule has 1 aromatic carbocycles. The van der Waals surface area contributed by atoms with Gasteiger partial charge in [0.15, 0.2) is 0 Å². The molecule has 0 unspecified atom stereocenters. The van der Waals surface area contributed by atoms with E-state index >= 15 is 0 Å². The van der Waals surface area contributed by atoms with Crippen LogP contribution in [0.4, 0.5) is 26.1 Å². The summed E-state index contributed by atoms with van der Waals surface area (Å²) in [4.78, 5) is 7.95. The maximum Gasteiger partial charge on any atom is 0.387 e. The summed E-state index contributed by atoms with van der Waals surface area (Å²) in [5, 5.41) is 5.76. The summed E-state index contributed by atoms with van der Waals surface area (Å²) in [5.41, 5.74) is 0.406. The van der Waals surface area contributed by atoms with Crippen LogP contribution >= 0.6 is 0 Å². The molecule has 0 aliphatic heterocycles. The number of rotatable bonds is 5. The molecule has 19 heavy (non-hydrogen) atoms. The molecule has 0 radical (unpaired) electrons. The van der Waals surface area contributed by atoms with Crippen molar-refractivity contribution in [3.8, 4) is 5.75 Å². The number of alkyl halides is 2. The molecular formula is C12H12F2N4O. The lowest BCUT2D eigenvalue weighted by atomic mass is 10.3. The second kappa shape index (κ2) is 5.94. The average Bonchev–Trinajstić information content (AvgIpc) is 2.41. The second-order valence-electron chi connectivity index (χ2n) is 3.54. The van der Waals surface area contributed by atoms with Crippen LogP contribution in [-0.2, 0) is 0 Å². The Hall–Kier alpha value is -2.44. The molecule has 0 spiro atoms. The Bertz CT molecular complexity index is 551. The van der Waals surface area contributed by atoms with Crippen LogP contribution in [-0.4, -0.2) is 23.6 Å². The number of halogens is 2. The summed E-state index contributed by atoms with van der Waals surface area (Å²) in [6, 6.07) is 8.05. The number of nitrogens with zero attached hydrogens (tertiary/aromatic N) is 2. The first-order valence-electron chi connectivity index (χ1n) is 5.49. The summed E-state index contributed by atoms with van der Waals surface area (Å²) in [5.74, 6) is 1.15. The van der Waals surface area contributed by atoms with E-state index in [9.17, 15) is 8.78 Å². The van der Waals surface area contributed by atoms with Crippen molar-refractivity contribution in [3.63, 3.8) is 0 Å². The van der Waals surface area contributed by atoms with Gasteiger partial charge in [0.05, 0.1) is 5.69 Å². The molecule has 0 aliphatic rings. The zero-order chi connectivity index (χ0) is 13.7. The van der Waals surface area contributed by atoms with Gasteiger partial charge in [-0.05, 0) is 12.1 Å². The zero-order valence-corrected chi connectivity index (χ0v) is 10.1. The maximum atomic E-state index is 12.3. The van der Waals surface area contributed by atoms with E-state index in [0.717, 1.165) is 0 Å². The smallest absolute Gasteiger partial charge is 0.387 e. The highest BCUT2D eigenvalue weighted by atomic mass is 19.3. The Kier molecular flexibility index (Phi) is 4.07. The summed E-state index contributed by atoms with van der Waals surface area (Å²) in [6.07, 6.45) is 1.37. The Morgan fingerprint density at radius 3 is 2.63 bits per heavy atom. The Morgan fingerprint density at radius 1 is 1.16 bits per heavy atom. The zero-order valence-electron chi connectivity index (χ0n) is 10.1. The molecule has 0 aliphatic carbocycles. The molecule has 0 bridgehead atoms. The summed E-state index contributed by atoms with van der Waals surface area (Å²) < 4.78 is 29.0. The Balaban J connectivity index is 2.22. The number of para-hydroxylation sites is 2. The fourth-order valence-electron chi connectivity index (χ4n) is 1.47. The topological polar surface area (TPSA) is 59.1 Å². The Labute approximate surface area is 108 Å². The van der Waals surface area contributed by atoms with Crippen LogP contribution in [0, 0.1) is 0 Å². The van der Waals surface area contributed by atoms with Gasteiger partial charge >= 0.3 is 6.61 Å². The van der Waals surface area contributed by atoms with E-state index in [0.29, 0.717) is 17.3 Å². The van der Waals surface area contributed by atoms with E-state index < -0.39 is 6.61 Å². The van der Waals surface area contributed by atoms with Crippen molar-refractivity contribution in [1.29, 1.82) is 0 Å². The van der Waals surface area contributed by atoms with Crippen LogP contribution in [0.3, 0.4) is 0 Å². The minimum absolute atomic E-state index is 0.0575. The van der Waals surface area contributed by atoms with Crippen molar-refractivity contribution in [2.75, 3.05) is 17.7 Å². The first-order valence-corrected chi connectivity index (χ1v) is 5.49. The van der Waals surface area contributed by atoms with Gasteiger partial charge in [0.2, 0.25) is 0 Å². The molecule has 0 saturated heterocycles. The predicted molar refractivity (Wildman–Crippen MR) is 67.9 cm³/mol. The van der Waals surface area contributed by atoms with Crippen LogP contribution in [0.25, 0.3) is 0 Å². The third kappa shape index (κ3) is 3.51. The predicted octanol–water partition coefficient (Wildman–Crippen LogP) is 2.86. The van der Waals surface area contributed by atoms with Crippen molar-refractivity contribution in [2.45, 2.75) is 6.61 Å². The molecule has 5 nitrogen and oxygen atoms in total. The van der Waals surface area contributed by atoms with Crippen molar-refractivity contribution < 1.29 is 13.5 Å². The van der Waals surface area contributed by atoms with Gasteiger partial charge in [-0.2, -0.15) is 8.78 Å². The van der Waals surface area contributed by atoms with Crippen LogP contribution in [0.1, 0.15) is 0 Å². The minimum Gasteiger partial charge on any atom is -0.433 e. The highest BCUT2D eigenvalue weighted by Gasteiger charge is 2.09. The molecule has 7 heteroatoms. The number of hydrogen-bond acceptors (Lipinski definition) is 5. The van der Waals surface area contributed by atoms with Crippen molar-refractivity contribution >= 4 is 17.3 Å². The SMILES string of the molecule is CNc1cc(Nc2ccccc2OC(F)F)ncn1. The van der Waals surface area contributed by atoms with Gasteiger partial charge in [-0.25, -0.2) is 9.97 Å².